The topological polar surface area (TPSA) is 15.3 Å². The highest BCUT2D eigenvalue weighted by Gasteiger charge is 2.34. The van der Waals surface area contributed by atoms with E-state index in [0.29, 0.717) is 6.04 Å². The normalized spacial score (nSPS) is 16.1. The smallest absolute Gasteiger partial charge is 0.0438 e. The summed E-state index contributed by atoms with van der Waals surface area (Å²) in [5, 5.41) is 4.59. The molecule has 20 heavy (non-hydrogen) atoms. The lowest BCUT2D eigenvalue weighted by molar-refractivity contribution is 0.112. The number of hydrogen-bond donors (Lipinski definition) is 1. The van der Waals surface area contributed by atoms with Gasteiger partial charge in [-0.05, 0) is 58.5 Å². The Morgan fingerprint density at radius 2 is 1.90 bits per heavy atom. The maximum Gasteiger partial charge on any atom is 0.0438 e. The predicted octanol–water partition coefficient (Wildman–Crippen LogP) is 3.98. The van der Waals surface area contributed by atoms with Crippen LogP contribution in [0.25, 0.3) is 0 Å². The quantitative estimate of drug-likeness (QED) is 0.780. The Balaban J connectivity index is 2.97. The number of rotatable bonds is 8. The summed E-state index contributed by atoms with van der Waals surface area (Å²) in [5.74, 6) is 0. The third kappa shape index (κ3) is 4.21. The van der Waals surface area contributed by atoms with Gasteiger partial charge in [-0.15, -0.1) is 0 Å². The lowest BCUT2D eigenvalue weighted by Gasteiger charge is -2.43. The third-order valence-electron chi connectivity index (χ3n) is 4.51. The van der Waals surface area contributed by atoms with Crippen molar-refractivity contribution in [2.45, 2.75) is 51.6 Å². The Morgan fingerprint density at radius 1 is 1.25 bits per heavy atom. The molecule has 3 heteroatoms. The molecule has 1 N–H and O–H groups in total. The van der Waals surface area contributed by atoms with Crippen molar-refractivity contribution in [2.75, 3.05) is 20.6 Å². The Bertz CT molecular complexity index is 406. The first-order chi connectivity index (χ1) is 9.45. The van der Waals surface area contributed by atoms with E-state index < -0.39 is 0 Å². The van der Waals surface area contributed by atoms with Crippen molar-refractivity contribution in [1.82, 2.24) is 10.2 Å². The molecule has 0 aliphatic rings. The fraction of sp³-hybridized carbons (Fsp3) is 0.647. The Kier molecular flexibility index (Phi) is 7.01. The van der Waals surface area contributed by atoms with Gasteiger partial charge in [0.2, 0.25) is 0 Å². The second-order valence-corrected chi connectivity index (χ2v) is 6.31. The summed E-state index contributed by atoms with van der Waals surface area (Å²) >= 11 is 6.33. The molecule has 0 radical (unpaired) electrons. The molecule has 0 aliphatic heterocycles. The fourth-order valence-electron chi connectivity index (χ4n) is 2.59. The van der Waals surface area contributed by atoms with E-state index in [2.05, 4.69) is 57.2 Å². The summed E-state index contributed by atoms with van der Waals surface area (Å²) in [6, 6.07) is 8.56. The van der Waals surface area contributed by atoms with Crippen LogP contribution in [0.3, 0.4) is 0 Å². The van der Waals surface area contributed by atoms with Gasteiger partial charge in [-0.2, -0.15) is 0 Å². The molecule has 0 aliphatic carbocycles. The largest absolute Gasteiger partial charge is 0.312 e. The van der Waals surface area contributed by atoms with E-state index in [1.54, 1.807) is 0 Å². The van der Waals surface area contributed by atoms with E-state index in [1.165, 1.54) is 5.56 Å². The minimum absolute atomic E-state index is 0.119. The maximum atomic E-state index is 6.33. The molecule has 0 fully saturated rings. The fourth-order valence-corrected chi connectivity index (χ4v) is 2.80. The summed E-state index contributed by atoms with van der Waals surface area (Å²) in [7, 11) is 4.33. The van der Waals surface area contributed by atoms with Gasteiger partial charge in [0, 0.05) is 16.6 Å². The van der Waals surface area contributed by atoms with Crippen LogP contribution in [-0.2, 0) is 6.42 Å². The van der Waals surface area contributed by atoms with Gasteiger partial charge in [-0.25, -0.2) is 0 Å². The minimum atomic E-state index is 0.119. The zero-order chi connectivity index (χ0) is 15.2. The predicted molar refractivity (Wildman–Crippen MR) is 89.6 cm³/mol. The van der Waals surface area contributed by atoms with E-state index in [-0.39, 0.29) is 5.54 Å². The number of hydrogen-bond acceptors (Lipinski definition) is 2. The molecule has 1 aromatic rings. The van der Waals surface area contributed by atoms with Crippen molar-refractivity contribution in [1.29, 1.82) is 0 Å². The van der Waals surface area contributed by atoms with Crippen LogP contribution in [-0.4, -0.2) is 37.1 Å². The summed E-state index contributed by atoms with van der Waals surface area (Å²) in [4.78, 5) is 2.33. The average Bonchev–Trinajstić information content (AvgIpc) is 2.44. The minimum Gasteiger partial charge on any atom is -0.312 e. The Labute approximate surface area is 129 Å². The molecule has 114 valence electrons. The Hall–Kier alpha value is -0.570. The van der Waals surface area contributed by atoms with E-state index >= 15 is 0 Å². The van der Waals surface area contributed by atoms with E-state index in [1.807, 2.05) is 12.1 Å². The van der Waals surface area contributed by atoms with Gasteiger partial charge in [0.1, 0.15) is 0 Å². The summed E-state index contributed by atoms with van der Waals surface area (Å²) in [6.07, 6.45) is 3.21. The lowest BCUT2D eigenvalue weighted by atomic mass is 9.84. The SMILES string of the molecule is CCCNC(Cc1ccccc1Cl)C(C)(CC)N(C)C. The van der Waals surface area contributed by atoms with Crippen LogP contribution in [0.15, 0.2) is 24.3 Å². The molecule has 0 amide bonds. The summed E-state index contributed by atoms with van der Waals surface area (Å²) in [5.41, 5.74) is 1.35. The van der Waals surface area contributed by atoms with Crippen molar-refractivity contribution in [3.63, 3.8) is 0 Å². The number of nitrogens with zero attached hydrogens (tertiary/aromatic N) is 1. The number of nitrogens with one attached hydrogen (secondary N) is 1. The standard InChI is InChI=1S/C17H29ClN2/c1-6-12-19-16(17(3,7-2)20(4)5)13-14-10-8-9-11-15(14)18/h8-11,16,19H,6-7,12-13H2,1-5H3. The molecule has 2 nitrogen and oxygen atoms in total. The molecular weight excluding hydrogens is 268 g/mol. The van der Waals surface area contributed by atoms with Gasteiger partial charge in [-0.3, -0.25) is 0 Å². The molecule has 0 saturated carbocycles. The monoisotopic (exact) mass is 296 g/mol. The molecule has 1 aromatic carbocycles. The van der Waals surface area contributed by atoms with Gasteiger partial charge in [0.25, 0.3) is 0 Å². The van der Waals surface area contributed by atoms with Crippen LogP contribution < -0.4 is 5.32 Å². The number of likely N-dealkylation sites (N-methyl/N-ethyl adjacent to an activating group) is 1. The lowest BCUT2D eigenvalue weighted by Crippen LogP contribution is -2.58. The van der Waals surface area contributed by atoms with Gasteiger partial charge in [0.15, 0.2) is 0 Å². The van der Waals surface area contributed by atoms with Crippen LogP contribution in [0.2, 0.25) is 5.02 Å². The third-order valence-corrected chi connectivity index (χ3v) is 4.88. The zero-order valence-electron chi connectivity index (χ0n) is 13.5. The van der Waals surface area contributed by atoms with Crippen LogP contribution in [0.5, 0.6) is 0 Å². The number of benzene rings is 1. The molecule has 0 spiro atoms. The van der Waals surface area contributed by atoms with E-state index in [4.69, 9.17) is 11.6 Å². The van der Waals surface area contributed by atoms with Crippen LogP contribution in [0, 0.1) is 0 Å². The van der Waals surface area contributed by atoms with Crippen LogP contribution in [0.4, 0.5) is 0 Å². The molecule has 2 unspecified atom stereocenters. The molecule has 0 heterocycles. The second-order valence-electron chi connectivity index (χ2n) is 5.91. The first kappa shape index (κ1) is 17.5. The van der Waals surface area contributed by atoms with E-state index in [9.17, 15) is 0 Å². The number of halogens is 1. The van der Waals surface area contributed by atoms with Gasteiger partial charge in [-0.1, -0.05) is 43.6 Å². The van der Waals surface area contributed by atoms with Crippen molar-refractivity contribution >= 4 is 11.6 Å². The second kappa shape index (κ2) is 8.02. The summed E-state index contributed by atoms with van der Waals surface area (Å²) < 4.78 is 0. The van der Waals surface area contributed by atoms with E-state index in [0.717, 1.165) is 30.8 Å². The molecule has 0 aromatic heterocycles. The first-order valence-corrected chi connectivity index (χ1v) is 7.97. The molecular formula is C17H29ClN2. The molecule has 2 atom stereocenters. The zero-order valence-corrected chi connectivity index (χ0v) is 14.3. The molecule has 1 rings (SSSR count). The van der Waals surface area contributed by atoms with Crippen molar-refractivity contribution in [3.8, 4) is 0 Å². The highest BCUT2D eigenvalue weighted by atomic mass is 35.5. The van der Waals surface area contributed by atoms with Crippen molar-refractivity contribution in [3.05, 3.63) is 34.9 Å². The maximum absolute atomic E-state index is 6.33. The van der Waals surface area contributed by atoms with Crippen LogP contribution in [0.1, 0.15) is 39.2 Å². The molecule has 0 saturated heterocycles. The first-order valence-electron chi connectivity index (χ1n) is 7.59. The molecule has 0 bridgehead atoms. The average molecular weight is 297 g/mol. The van der Waals surface area contributed by atoms with Crippen molar-refractivity contribution < 1.29 is 0 Å². The van der Waals surface area contributed by atoms with Gasteiger partial charge in [0.05, 0.1) is 0 Å². The van der Waals surface area contributed by atoms with Crippen molar-refractivity contribution in [2.24, 2.45) is 0 Å². The Morgan fingerprint density at radius 3 is 2.40 bits per heavy atom. The van der Waals surface area contributed by atoms with Gasteiger partial charge >= 0.3 is 0 Å². The highest BCUT2D eigenvalue weighted by molar-refractivity contribution is 6.31. The summed E-state index contributed by atoms with van der Waals surface area (Å²) in [6.45, 7) is 7.83. The van der Waals surface area contributed by atoms with Crippen LogP contribution >= 0.6 is 11.6 Å². The van der Waals surface area contributed by atoms with Gasteiger partial charge < -0.3 is 10.2 Å². The highest BCUT2D eigenvalue weighted by Crippen LogP contribution is 2.26.